The number of tetrazole rings is 1. The molecule has 1 heterocycles. The second kappa shape index (κ2) is 7.74. The monoisotopic (exact) mass is 352 g/mol. The Labute approximate surface area is 151 Å². The van der Waals surface area contributed by atoms with Gasteiger partial charge in [0, 0.05) is 12.3 Å². The number of hydrogen-bond donors (Lipinski definition) is 1. The molecule has 4 rings (SSSR count). The van der Waals surface area contributed by atoms with Gasteiger partial charge in [-0.05, 0) is 52.4 Å². The first-order valence-electron chi connectivity index (χ1n) is 8.93. The van der Waals surface area contributed by atoms with E-state index in [4.69, 9.17) is 4.74 Å². The number of hydrogen-bond acceptors (Lipinski definition) is 4. The van der Waals surface area contributed by atoms with Crippen LogP contribution in [0.2, 0.25) is 0 Å². The van der Waals surface area contributed by atoms with Gasteiger partial charge in [-0.3, -0.25) is 0 Å². The van der Waals surface area contributed by atoms with E-state index in [1.165, 1.54) is 12.1 Å². The zero-order valence-electron chi connectivity index (χ0n) is 14.4. The summed E-state index contributed by atoms with van der Waals surface area (Å²) in [4.78, 5) is 0. The Morgan fingerprint density at radius 3 is 2.58 bits per heavy atom. The summed E-state index contributed by atoms with van der Waals surface area (Å²) in [7, 11) is 0. The Morgan fingerprint density at radius 1 is 1.04 bits per heavy atom. The molecule has 0 saturated heterocycles. The van der Waals surface area contributed by atoms with Crippen LogP contribution in [0.4, 0.5) is 4.39 Å². The molecule has 5 nitrogen and oxygen atoms in total. The maximum atomic E-state index is 13.4. The van der Waals surface area contributed by atoms with Crippen LogP contribution in [-0.2, 0) is 17.8 Å². The van der Waals surface area contributed by atoms with E-state index < -0.39 is 0 Å². The number of ether oxygens (including phenoxy) is 1. The molecule has 3 aromatic rings. The molecule has 1 aliphatic carbocycles. The lowest BCUT2D eigenvalue weighted by Gasteiger charge is -2.25. The predicted molar refractivity (Wildman–Crippen MR) is 94.8 cm³/mol. The zero-order valence-corrected chi connectivity index (χ0v) is 14.4. The minimum Gasteiger partial charge on any atom is -0.373 e. The number of aromatic amines is 1. The highest BCUT2D eigenvalue weighted by molar-refractivity contribution is 5.24. The normalized spacial score (nSPS) is 22.6. The largest absolute Gasteiger partial charge is 0.373 e. The van der Waals surface area contributed by atoms with E-state index in [2.05, 4.69) is 32.8 Å². The molecule has 0 radical (unpaired) electrons. The molecule has 6 heteroatoms. The van der Waals surface area contributed by atoms with Crippen molar-refractivity contribution in [2.24, 2.45) is 5.92 Å². The molecule has 1 aromatic heterocycles. The van der Waals surface area contributed by atoms with Crippen LogP contribution in [0.25, 0.3) is 0 Å². The van der Waals surface area contributed by atoms with Gasteiger partial charge in [0.2, 0.25) is 0 Å². The van der Waals surface area contributed by atoms with Gasteiger partial charge in [-0.15, -0.1) is 5.10 Å². The molecule has 1 fully saturated rings. The molecule has 1 saturated carbocycles. The Hall–Kier alpha value is -2.60. The topological polar surface area (TPSA) is 63.7 Å². The van der Waals surface area contributed by atoms with Gasteiger partial charge in [0.1, 0.15) is 11.6 Å². The second-order valence-electron chi connectivity index (χ2n) is 6.80. The summed E-state index contributed by atoms with van der Waals surface area (Å²) in [6, 6.07) is 17.0. The van der Waals surface area contributed by atoms with Crippen molar-refractivity contribution in [2.75, 3.05) is 0 Å². The molecular weight excluding hydrogens is 331 g/mol. The lowest BCUT2D eigenvalue weighted by Crippen LogP contribution is -2.22. The van der Waals surface area contributed by atoms with Crippen molar-refractivity contribution >= 4 is 0 Å². The van der Waals surface area contributed by atoms with E-state index in [0.29, 0.717) is 12.5 Å². The number of H-pyrrole nitrogens is 1. The summed E-state index contributed by atoms with van der Waals surface area (Å²) in [6.07, 6.45) is 2.87. The van der Waals surface area contributed by atoms with Crippen molar-refractivity contribution in [3.63, 3.8) is 0 Å². The smallest absolute Gasteiger partial charge is 0.148 e. The van der Waals surface area contributed by atoms with Crippen molar-refractivity contribution in [3.8, 4) is 0 Å². The van der Waals surface area contributed by atoms with Crippen LogP contribution < -0.4 is 0 Å². The maximum absolute atomic E-state index is 13.4. The van der Waals surface area contributed by atoms with Crippen LogP contribution in [-0.4, -0.2) is 26.7 Å². The van der Waals surface area contributed by atoms with Crippen LogP contribution in [0.5, 0.6) is 0 Å². The van der Waals surface area contributed by atoms with Crippen molar-refractivity contribution in [2.45, 2.75) is 37.9 Å². The van der Waals surface area contributed by atoms with Gasteiger partial charge < -0.3 is 4.74 Å². The van der Waals surface area contributed by atoms with Gasteiger partial charge in [0.25, 0.3) is 0 Å². The van der Waals surface area contributed by atoms with Crippen molar-refractivity contribution in [1.29, 1.82) is 0 Å². The third-order valence-electron chi connectivity index (χ3n) is 5.14. The van der Waals surface area contributed by atoms with Crippen LogP contribution in [0.1, 0.15) is 35.7 Å². The van der Waals surface area contributed by atoms with Crippen molar-refractivity contribution in [3.05, 3.63) is 77.4 Å². The lowest BCUT2D eigenvalue weighted by molar-refractivity contribution is 0.0299. The average Bonchev–Trinajstić information content (AvgIpc) is 3.32. The van der Waals surface area contributed by atoms with Crippen LogP contribution >= 0.6 is 0 Å². The number of benzene rings is 2. The number of nitrogens with one attached hydrogen (secondary N) is 1. The number of halogens is 1. The van der Waals surface area contributed by atoms with Gasteiger partial charge in [-0.1, -0.05) is 42.5 Å². The molecule has 0 aliphatic heterocycles. The van der Waals surface area contributed by atoms with E-state index in [-0.39, 0.29) is 17.8 Å². The van der Waals surface area contributed by atoms with E-state index in [0.717, 1.165) is 36.2 Å². The van der Waals surface area contributed by atoms with Gasteiger partial charge >= 0.3 is 0 Å². The molecular formula is C20H21FN4O. The molecule has 3 atom stereocenters. The van der Waals surface area contributed by atoms with Crippen LogP contribution in [0, 0.1) is 11.7 Å². The molecule has 2 aromatic carbocycles. The Kier molecular flexibility index (Phi) is 5.02. The third kappa shape index (κ3) is 3.80. The first kappa shape index (κ1) is 16.8. The molecule has 0 spiro atoms. The molecule has 0 amide bonds. The Balaban J connectivity index is 1.53. The third-order valence-corrected chi connectivity index (χ3v) is 5.14. The Bertz CT molecular complexity index is 808. The summed E-state index contributed by atoms with van der Waals surface area (Å²) in [5.74, 6) is 1.12. The van der Waals surface area contributed by atoms with Gasteiger partial charge in [0.05, 0.1) is 12.7 Å². The van der Waals surface area contributed by atoms with Crippen molar-refractivity contribution in [1.82, 2.24) is 20.6 Å². The highest BCUT2D eigenvalue weighted by Crippen LogP contribution is 2.43. The standard InChI is InChI=1S/C20H21FN4O/c21-17-9-6-15(7-10-17)20-16(12-19-22-24-25-23-19)8-11-18(20)26-13-14-4-2-1-3-5-14/h1-7,9-10,16,18,20H,8,11-13H2,(H,22,23,24,25). The molecule has 3 unspecified atom stereocenters. The minimum absolute atomic E-state index is 0.0987. The fourth-order valence-electron chi connectivity index (χ4n) is 3.92. The van der Waals surface area contributed by atoms with Crippen LogP contribution in [0.3, 0.4) is 0 Å². The fraction of sp³-hybridized carbons (Fsp3) is 0.350. The minimum atomic E-state index is -0.218. The van der Waals surface area contributed by atoms with Gasteiger partial charge in [0.15, 0.2) is 0 Å². The highest BCUT2D eigenvalue weighted by Gasteiger charge is 2.38. The van der Waals surface area contributed by atoms with E-state index >= 15 is 0 Å². The number of nitrogens with zero attached hydrogens (tertiary/aromatic N) is 3. The SMILES string of the molecule is Fc1ccc(C2C(Cc3nnn[nH]3)CCC2OCc2ccccc2)cc1. The molecule has 1 aliphatic rings. The first-order chi connectivity index (χ1) is 12.8. The van der Waals surface area contributed by atoms with E-state index in [9.17, 15) is 4.39 Å². The summed E-state index contributed by atoms with van der Waals surface area (Å²) in [5.41, 5.74) is 2.27. The lowest BCUT2D eigenvalue weighted by atomic mass is 9.85. The highest BCUT2D eigenvalue weighted by atomic mass is 19.1. The molecule has 0 bridgehead atoms. The molecule has 1 N–H and O–H groups in total. The summed E-state index contributed by atoms with van der Waals surface area (Å²) >= 11 is 0. The van der Waals surface area contributed by atoms with Gasteiger partial charge in [-0.2, -0.15) is 0 Å². The summed E-state index contributed by atoms with van der Waals surface area (Å²) in [5, 5.41) is 14.2. The first-order valence-corrected chi connectivity index (χ1v) is 8.93. The van der Waals surface area contributed by atoms with Crippen LogP contribution in [0.15, 0.2) is 54.6 Å². The molecule has 134 valence electrons. The molecule has 26 heavy (non-hydrogen) atoms. The number of aromatic nitrogens is 4. The van der Waals surface area contributed by atoms with E-state index in [1.807, 2.05) is 30.3 Å². The summed E-state index contributed by atoms with van der Waals surface area (Å²) in [6.45, 7) is 0.583. The van der Waals surface area contributed by atoms with Gasteiger partial charge in [-0.25, -0.2) is 9.49 Å². The average molecular weight is 352 g/mol. The zero-order chi connectivity index (χ0) is 17.8. The maximum Gasteiger partial charge on any atom is 0.148 e. The van der Waals surface area contributed by atoms with E-state index in [1.54, 1.807) is 0 Å². The van der Waals surface area contributed by atoms with Crippen molar-refractivity contribution < 1.29 is 9.13 Å². The second-order valence-corrected chi connectivity index (χ2v) is 6.80. The Morgan fingerprint density at radius 2 is 1.85 bits per heavy atom. The predicted octanol–water partition coefficient (Wildman–Crippen LogP) is 3.66. The summed E-state index contributed by atoms with van der Waals surface area (Å²) < 4.78 is 19.7. The fourth-order valence-corrected chi connectivity index (χ4v) is 3.92. The number of rotatable bonds is 6. The quantitative estimate of drug-likeness (QED) is 0.735.